The summed E-state index contributed by atoms with van der Waals surface area (Å²) in [5, 5.41) is 7.43. The van der Waals surface area contributed by atoms with E-state index in [-0.39, 0.29) is 5.91 Å². The maximum Gasteiger partial charge on any atom is 0.265 e. The minimum absolute atomic E-state index is 0.157. The Kier molecular flexibility index (Phi) is 5.30. The molecule has 2 bridgehead atoms. The number of halogens is 1. The van der Waals surface area contributed by atoms with Gasteiger partial charge < -0.3 is 20.4 Å². The monoisotopic (exact) mass is 489 g/mol. The molecule has 1 aromatic heterocycles. The highest BCUT2D eigenvalue weighted by molar-refractivity contribution is 6.34. The molecule has 2 atom stereocenters. The first-order chi connectivity index (χ1) is 16.9. The van der Waals surface area contributed by atoms with Crippen LogP contribution in [0.3, 0.4) is 0 Å². The third-order valence-corrected chi connectivity index (χ3v) is 7.54. The van der Waals surface area contributed by atoms with E-state index in [1.54, 1.807) is 17.2 Å². The SMILES string of the molecule is Cc1cc(Nc2ncc3c(n2)N(C)CN(c2c(C)cccc2Cl)C3=O)ccc1N1CC2CC1CN2. The summed E-state index contributed by atoms with van der Waals surface area (Å²) in [4.78, 5) is 28.6. The minimum atomic E-state index is -0.157. The number of anilines is 5. The van der Waals surface area contributed by atoms with Crippen LogP contribution in [0.15, 0.2) is 42.6 Å². The minimum Gasteiger partial charge on any atom is -0.365 e. The lowest BCUT2D eigenvalue weighted by molar-refractivity contribution is 0.0982. The molecule has 2 unspecified atom stereocenters. The number of nitrogens with one attached hydrogen (secondary N) is 2. The van der Waals surface area contributed by atoms with Gasteiger partial charge in [-0.05, 0) is 55.7 Å². The van der Waals surface area contributed by atoms with Crippen molar-refractivity contribution >= 4 is 46.3 Å². The Labute approximate surface area is 209 Å². The second-order valence-electron chi connectivity index (χ2n) is 9.68. The number of nitrogens with zero attached hydrogens (tertiary/aromatic N) is 5. The first-order valence-corrected chi connectivity index (χ1v) is 12.3. The third kappa shape index (κ3) is 3.77. The van der Waals surface area contributed by atoms with Gasteiger partial charge in [0, 0.05) is 49.8 Å². The van der Waals surface area contributed by atoms with Crippen LogP contribution < -0.4 is 25.3 Å². The highest BCUT2D eigenvalue weighted by Crippen LogP contribution is 2.36. The van der Waals surface area contributed by atoms with E-state index in [4.69, 9.17) is 11.6 Å². The molecule has 3 aromatic rings. The Balaban J connectivity index is 1.24. The molecule has 3 aliphatic heterocycles. The quantitative estimate of drug-likeness (QED) is 0.571. The normalized spacial score (nSPS) is 21.0. The second kappa shape index (κ2) is 8.39. The van der Waals surface area contributed by atoms with Gasteiger partial charge in [-0.25, -0.2) is 4.98 Å². The van der Waals surface area contributed by atoms with Crippen molar-refractivity contribution in [1.29, 1.82) is 0 Å². The van der Waals surface area contributed by atoms with E-state index in [2.05, 4.69) is 50.6 Å². The number of aryl methyl sites for hydroxylation is 2. The molecule has 1 amide bonds. The number of amides is 1. The predicted octanol–water partition coefficient (Wildman–Crippen LogP) is 4.10. The molecule has 2 saturated heterocycles. The molecule has 2 N–H and O–H groups in total. The van der Waals surface area contributed by atoms with Crippen molar-refractivity contribution in [2.45, 2.75) is 32.4 Å². The van der Waals surface area contributed by atoms with Crippen molar-refractivity contribution in [3.63, 3.8) is 0 Å². The van der Waals surface area contributed by atoms with Crippen LogP contribution in [0.1, 0.15) is 27.9 Å². The Morgan fingerprint density at radius 1 is 1.17 bits per heavy atom. The van der Waals surface area contributed by atoms with Crippen LogP contribution in [-0.4, -0.2) is 54.8 Å². The van der Waals surface area contributed by atoms with Gasteiger partial charge in [0.25, 0.3) is 5.91 Å². The molecule has 9 heteroatoms. The first-order valence-electron chi connectivity index (χ1n) is 11.9. The summed E-state index contributed by atoms with van der Waals surface area (Å²) < 4.78 is 0. The van der Waals surface area contributed by atoms with Gasteiger partial charge >= 0.3 is 0 Å². The van der Waals surface area contributed by atoms with Gasteiger partial charge in [-0.3, -0.25) is 9.69 Å². The van der Waals surface area contributed by atoms with Crippen molar-refractivity contribution in [3.8, 4) is 0 Å². The summed E-state index contributed by atoms with van der Waals surface area (Å²) in [5.74, 6) is 0.903. The summed E-state index contributed by atoms with van der Waals surface area (Å²) in [5.41, 5.74) is 5.55. The van der Waals surface area contributed by atoms with Crippen LogP contribution in [0.2, 0.25) is 5.02 Å². The molecule has 6 rings (SSSR count). The predicted molar refractivity (Wildman–Crippen MR) is 140 cm³/mol. The molecule has 0 radical (unpaired) electrons. The molecular formula is C26H28ClN7O. The first kappa shape index (κ1) is 22.1. The lowest BCUT2D eigenvalue weighted by Gasteiger charge is -2.35. The number of hydrogen-bond acceptors (Lipinski definition) is 7. The Morgan fingerprint density at radius 3 is 2.74 bits per heavy atom. The zero-order chi connectivity index (χ0) is 24.3. The zero-order valence-corrected chi connectivity index (χ0v) is 20.8. The molecule has 0 spiro atoms. The smallest absolute Gasteiger partial charge is 0.265 e. The van der Waals surface area contributed by atoms with Crippen LogP contribution in [0, 0.1) is 13.8 Å². The van der Waals surface area contributed by atoms with Gasteiger partial charge in [-0.1, -0.05) is 23.7 Å². The highest BCUT2D eigenvalue weighted by Gasteiger charge is 2.38. The fraction of sp³-hybridized carbons (Fsp3) is 0.346. The van der Waals surface area contributed by atoms with Gasteiger partial charge in [-0.2, -0.15) is 4.98 Å². The van der Waals surface area contributed by atoms with Crippen molar-refractivity contribution in [3.05, 3.63) is 64.3 Å². The summed E-state index contributed by atoms with van der Waals surface area (Å²) in [6.07, 6.45) is 2.82. The van der Waals surface area contributed by atoms with E-state index in [1.807, 2.05) is 31.0 Å². The van der Waals surface area contributed by atoms with E-state index in [0.717, 1.165) is 30.0 Å². The van der Waals surface area contributed by atoms with E-state index in [0.29, 0.717) is 41.1 Å². The van der Waals surface area contributed by atoms with Crippen LogP contribution >= 0.6 is 11.6 Å². The molecule has 2 aromatic carbocycles. The van der Waals surface area contributed by atoms with E-state index in [1.165, 1.54) is 17.7 Å². The van der Waals surface area contributed by atoms with Crippen LogP contribution in [0.4, 0.5) is 28.8 Å². The lowest BCUT2D eigenvalue weighted by atomic mass is 10.1. The molecule has 4 heterocycles. The van der Waals surface area contributed by atoms with Crippen LogP contribution in [0.5, 0.6) is 0 Å². The molecule has 0 saturated carbocycles. The van der Waals surface area contributed by atoms with Gasteiger partial charge in [-0.15, -0.1) is 0 Å². The molecular weight excluding hydrogens is 462 g/mol. The summed E-state index contributed by atoms with van der Waals surface area (Å²) in [6, 6.07) is 13.2. The van der Waals surface area contributed by atoms with Crippen LogP contribution in [-0.2, 0) is 0 Å². The number of carbonyl (C=O) groups is 1. The number of para-hydroxylation sites is 1. The Hall–Kier alpha value is -3.36. The maximum absolute atomic E-state index is 13.3. The number of benzene rings is 2. The molecule has 0 aliphatic carbocycles. The highest BCUT2D eigenvalue weighted by atomic mass is 35.5. The Morgan fingerprint density at radius 2 is 2.03 bits per heavy atom. The van der Waals surface area contributed by atoms with E-state index in [9.17, 15) is 4.79 Å². The molecule has 180 valence electrons. The average Bonchev–Trinajstić information content (AvgIpc) is 3.46. The zero-order valence-electron chi connectivity index (χ0n) is 20.0. The average molecular weight is 490 g/mol. The summed E-state index contributed by atoms with van der Waals surface area (Å²) >= 11 is 6.44. The largest absolute Gasteiger partial charge is 0.365 e. The van der Waals surface area contributed by atoms with Gasteiger partial charge in [0.1, 0.15) is 11.4 Å². The summed E-state index contributed by atoms with van der Waals surface area (Å²) in [7, 11) is 1.92. The number of hydrogen-bond donors (Lipinski definition) is 2. The topological polar surface area (TPSA) is 76.6 Å². The van der Waals surface area contributed by atoms with Crippen molar-refractivity contribution in [1.82, 2.24) is 15.3 Å². The standard InChI is InChI=1S/C26H28ClN7O/c1-15-5-4-6-21(27)23(15)34-14-32(3)24-20(25(34)35)12-29-26(31-24)30-17-7-8-22(16(2)9-17)33-13-18-10-19(33)11-28-18/h4-9,12,18-19,28H,10-11,13-14H2,1-3H3,(H,29,30,31). The van der Waals surface area contributed by atoms with Crippen molar-refractivity contribution < 1.29 is 4.79 Å². The molecule has 8 nitrogen and oxygen atoms in total. The fourth-order valence-corrected chi connectivity index (χ4v) is 5.87. The van der Waals surface area contributed by atoms with Gasteiger partial charge in [0.2, 0.25) is 5.95 Å². The van der Waals surface area contributed by atoms with Crippen LogP contribution in [0.25, 0.3) is 0 Å². The van der Waals surface area contributed by atoms with E-state index >= 15 is 0 Å². The third-order valence-electron chi connectivity index (χ3n) is 7.24. The van der Waals surface area contributed by atoms with Gasteiger partial charge in [0.15, 0.2) is 0 Å². The van der Waals surface area contributed by atoms with Gasteiger partial charge in [0.05, 0.1) is 17.4 Å². The van der Waals surface area contributed by atoms with E-state index < -0.39 is 0 Å². The number of rotatable bonds is 4. The molecule has 35 heavy (non-hydrogen) atoms. The fourth-order valence-electron chi connectivity index (χ4n) is 5.54. The van der Waals surface area contributed by atoms with Crippen molar-refractivity contribution in [2.75, 3.05) is 46.8 Å². The number of aromatic nitrogens is 2. The molecule has 2 fully saturated rings. The van der Waals surface area contributed by atoms with Crippen molar-refractivity contribution in [2.24, 2.45) is 0 Å². The number of carbonyl (C=O) groups excluding carboxylic acids is 1. The lowest BCUT2D eigenvalue weighted by Crippen LogP contribution is -2.46. The second-order valence-corrected chi connectivity index (χ2v) is 10.1. The maximum atomic E-state index is 13.3. The Bertz CT molecular complexity index is 1310. The number of piperazine rings is 1. The molecule has 3 aliphatic rings. The summed E-state index contributed by atoms with van der Waals surface area (Å²) in [6.45, 7) is 6.58. The number of fused-ring (bicyclic) bond motifs is 3.